The van der Waals surface area contributed by atoms with Gasteiger partial charge in [-0.25, -0.2) is 4.98 Å². The number of imidazole rings is 1. The molecule has 2 N–H and O–H groups in total. The van der Waals surface area contributed by atoms with Crippen LogP contribution in [-0.4, -0.2) is 34.8 Å². The third-order valence-corrected chi connectivity index (χ3v) is 5.05. The molecule has 1 aromatic heterocycles. The number of carbonyl (C=O) groups excluding carboxylic acids is 1. The van der Waals surface area contributed by atoms with Crippen LogP contribution in [0.3, 0.4) is 0 Å². The van der Waals surface area contributed by atoms with E-state index in [1.54, 1.807) is 0 Å². The molecular weight excluding hydrogens is 370 g/mol. The zero-order valence-corrected chi connectivity index (χ0v) is 16.8. The highest BCUT2D eigenvalue weighted by molar-refractivity contribution is 7.99. The highest BCUT2D eigenvalue weighted by Crippen LogP contribution is 2.18. The van der Waals surface area contributed by atoms with Crippen LogP contribution in [0.2, 0.25) is 0 Å². The molecule has 0 aliphatic carbocycles. The van der Waals surface area contributed by atoms with E-state index in [-0.39, 0.29) is 5.91 Å². The first-order valence-electron chi connectivity index (χ1n) is 9.37. The Bertz CT molecular complexity index is 866. The van der Waals surface area contributed by atoms with E-state index in [1.807, 2.05) is 55.5 Å². The van der Waals surface area contributed by atoms with E-state index in [1.165, 1.54) is 17.3 Å². The Hall–Kier alpha value is -2.73. The Morgan fingerprint density at radius 3 is 2.57 bits per heavy atom. The van der Waals surface area contributed by atoms with Crippen molar-refractivity contribution < 1.29 is 9.53 Å². The average Bonchev–Trinajstić information content (AvgIpc) is 3.07. The van der Waals surface area contributed by atoms with Crippen molar-refractivity contribution in [3.63, 3.8) is 0 Å². The second-order valence-corrected chi connectivity index (χ2v) is 7.39. The lowest BCUT2D eigenvalue weighted by molar-refractivity contribution is -0.118. The largest absolute Gasteiger partial charge is 0.494 e. The summed E-state index contributed by atoms with van der Waals surface area (Å²) in [5.74, 6) is 1.20. The van der Waals surface area contributed by atoms with Gasteiger partial charge in [-0.2, -0.15) is 0 Å². The molecule has 6 heteroatoms. The maximum atomic E-state index is 12.0. The van der Waals surface area contributed by atoms with Gasteiger partial charge < -0.3 is 15.0 Å². The minimum atomic E-state index is 0.00312. The molecule has 2 aromatic carbocycles. The first kappa shape index (κ1) is 20.0. The molecule has 3 aromatic rings. The minimum absolute atomic E-state index is 0.00312. The van der Waals surface area contributed by atoms with Crippen molar-refractivity contribution in [3.05, 3.63) is 77.6 Å². The standard InChI is InChI=1S/C22H25N3O2S/c1-17-20(15-18-9-4-2-5-10-18)25-22(24-17)28-16-21(26)23-13-8-14-27-19-11-6-3-7-12-19/h2-7,9-12H,8,13-16H2,1H3,(H,23,26)(H,24,25). The molecule has 0 aliphatic rings. The lowest BCUT2D eigenvalue weighted by Crippen LogP contribution is -2.27. The predicted octanol–water partition coefficient (Wildman–Crippen LogP) is 3.99. The lowest BCUT2D eigenvalue weighted by Gasteiger charge is -2.07. The summed E-state index contributed by atoms with van der Waals surface area (Å²) in [4.78, 5) is 19.9. The van der Waals surface area contributed by atoms with Gasteiger partial charge in [0.05, 0.1) is 18.1 Å². The Morgan fingerprint density at radius 1 is 1.11 bits per heavy atom. The van der Waals surface area contributed by atoms with Crippen LogP contribution in [0.25, 0.3) is 0 Å². The number of aromatic amines is 1. The number of carbonyl (C=O) groups is 1. The molecule has 3 rings (SSSR count). The third-order valence-electron chi connectivity index (χ3n) is 4.17. The van der Waals surface area contributed by atoms with Gasteiger partial charge in [-0.3, -0.25) is 4.79 Å². The topological polar surface area (TPSA) is 67.0 Å². The number of para-hydroxylation sites is 1. The molecule has 146 valence electrons. The number of thioether (sulfide) groups is 1. The van der Waals surface area contributed by atoms with Gasteiger partial charge in [0.25, 0.3) is 0 Å². The quantitative estimate of drug-likeness (QED) is 0.402. The summed E-state index contributed by atoms with van der Waals surface area (Å²) in [6.45, 7) is 3.20. The van der Waals surface area contributed by atoms with Crippen molar-refractivity contribution in [2.45, 2.75) is 24.9 Å². The minimum Gasteiger partial charge on any atom is -0.494 e. The van der Waals surface area contributed by atoms with Gasteiger partial charge in [0.2, 0.25) is 5.91 Å². The van der Waals surface area contributed by atoms with E-state index in [0.717, 1.165) is 35.1 Å². The SMILES string of the molecule is Cc1[nH]c(SCC(=O)NCCCOc2ccccc2)nc1Cc1ccccc1. The number of rotatable bonds is 10. The molecule has 0 unspecified atom stereocenters. The lowest BCUT2D eigenvalue weighted by atomic mass is 10.1. The van der Waals surface area contributed by atoms with Crippen LogP contribution < -0.4 is 10.1 Å². The van der Waals surface area contributed by atoms with E-state index < -0.39 is 0 Å². The first-order chi connectivity index (χ1) is 13.7. The van der Waals surface area contributed by atoms with Crippen LogP contribution in [-0.2, 0) is 11.2 Å². The first-order valence-corrected chi connectivity index (χ1v) is 10.4. The van der Waals surface area contributed by atoms with Crippen LogP contribution in [0.5, 0.6) is 5.75 Å². The molecule has 0 atom stereocenters. The Labute approximate surface area is 169 Å². The van der Waals surface area contributed by atoms with Gasteiger partial charge in [-0.05, 0) is 31.0 Å². The summed E-state index contributed by atoms with van der Waals surface area (Å²) >= 11 is 1.42. The smallest absolute Gasteiger partial charge is 0.230 e. The number of hydrogen-bond donors (Lipinski definition) is 2. The van der Waals surface area contributed by atoms with Crippen molar-refractivity contribution in [1.82, 2.24) is 15.3 Å². The van der Waals surface area contributed by atoms with Crippen LogP contribution >= 0.6 is 11.8 Å². The van der Waals surface area contributed by atoms with Crippen molar-refractivity contribution in [2.75, 3.05) is 18.9 Å². The second kappa shape index (κ2) is 10.6. The van der Waals surface area contributed by atoms with E-state index in [9.17, 15) is 4.79 Å². The normalized spacial score (nSPS) is 10.6. The fourth-order valence-corrected chi connectivity index (χ4v) is 3.46. The molecule has 0 saturated heterocycles. The number of ether oxygens (including phenoxy) is 1. The third kappa shape index (κ3) is 6.46. The second-order valence-electron chi connectivity index (χ2n) is 6.43. The molecule has 0 fully saturated rings. The summed E-state index contributed by atoms with van der Waals surface area (Å²) in [5.41, 5.74) is 3.29. The van der Waals surface area contributed by atoms with E-state index in [2.05, 4.69) is 27.4 Å². The molecule has 0 bridgehead atoms. The summed E-state index contributed by atoms with van der Waals surface area (Å²) in [5, 5.41) is 3.70. The molecule has 0 saturated carbocycles. The van der Waals surface area contributed by atoms with Gasteiger partial charge in [0.1, 0.15) is 5.75 Å². The van der Waals surface area contributed by atoms with E-state index in [4.69, 9.17) is 4.74 Å². The van der Waals surface area contributed by atoms with Crippen LogP contribution in [0.15, 0.2) is 65.8 Å². The van der Waals surface area contributed by atoms with Crippen molar-refractivity contribution in [1.29, 1.82) is 0 Å². The van der Waals surface area contributed by atoms with Crippen molar-refractivity contribution in [2.24, 2.45) is 0 Å². The number of nitrogens with one attached hydrogen (secondary N) is 2. The molecule has 5 nitrogen and oxygen atoms in total. The van der Waals surface area contributed by atoms with E-state index >= 15 is 0 Å². The number of aromatic nitrogens is 2. The fraction of sp³-hybridized carbons (Fsp3) is 0.273. The number of amides is 1. The monoisotopic (exact) mass is 395 g/mol. The molecule has 0 spiro atoms. The summed E-state index contributed by atoms with van der Waals surface area (Å²) < 4.78 is 5.61. The van der Waals surface area contributed by atoms with Gasteiger partial charge in [-0.1, -0.05) is 60.3 Å². The van der Waals surface area contributed by atoms with Crippen LogP contribution in [0, 0.1) is 6.92 Å². The van der Waals surface area contributed by atoms with Gasteiger partial charge in [-0.15, -0.1) is 0 Å². The molecule has 1 amide bonds. The van der Waals surface area contributed by atoms with Gasteiger partial charge >= 0.3 is 0 Å². The van der Waals surface area contributed by atoms with Crippen LogP contribution in [0.4, 0.5) is 0 Å². The molecule has 0 aliphatic heterocycles. The number of H-pyrrole nitrogens is 1. The Morgan fingerprint density at radius 2 is 1.82 bits per heavy atom. The van der Waals surface area contributed by atoms with Crippen LogP contribution in [0.1, 0.15) is 23.4 Å². The number of aryl methyl sites for hydroxylation is 1. The number of nitrogens with zero attached hydrogens (tertiary/aromatic N) is 1. The van der Waals surface area contributed by atoms with Crippen molar-refractivity contribution >= 4 is 17.7 Å². The fourth-order valence-electron chi connectivity index (χ4n) is 2.69. The average molecular weight is 396 g/mol. The number of hydrogen-bond acceptors (Lipinski definition) is 4. The molecule has 1 heterocycles. The highest BCUT2D eigenvalue weighted by Gasteiger charge is 2.10. The maximum Gasteiger partial charge on any atom is 0.230 e. The molecular formula is C22H25N3O2S. The Kier molecular flexibility index (Phi) is 7.55. The molecule has 0 radical (unpaired) electrons. The summed E-state index contributed by atoms with van der Waals surface area (Å²) in [6.07, 6.45) is 1.56. The van der Waals surface area contributed by atoms with Crippen molar-refractivity contribution in [3.8, 4) is 5.75 Å². The van der Waals surface area contributed by atoms with E-state index in [0.29, 0.717) is 18.9 Å². The zero-order valence-electron chi connectivity index (χ0n) is 16.0. The maximum absolute atomic E-state index is 12.0. The number of benzene rings is 2. The predicted molar refractivity (Wildman–Crippen MR) is 113 cm³/mol. The Balaban J connectivity index is 1.35. The zero-order chi connectivity index (χ0) is 19.6. The summed E-state index contributed by atoms with van der Waals surface area (Å²) in [6, 6.07) is 19.9. The van der Waals surface area contributed by atoms with Gasteiger partial charge in [0, 0.05) is 18.7 Å². The highest BCUT2D eigenvalue weighted by atomic mass is 32.2. The van der Waals surface area contributed by atoms with Gasteiger partial charge in [0.15, 0.2) is 5.16 Å². The molecule has 28 heavy (non-hydrogen) atoms. The summed E-state index contributed by atoms with van der Waals surface area (Å²) in [7, 11) is 0.